The predicted octanol–water partition coefficient (Wildman–Crippen LogP) is 2.54. The Bertz CT molecular complexity index is 883. The molecule has 0 aromatic heterocycles. The average molecular weight is 553 g/mol. The van der Waals surface area contributed by atoms with E-state index in [-0.39, 0.29) is 29.9 Å². The summed E-state index contributed by atoms with van der Waals surface area (Å²) in [6.07, 6.45) is 0. The minimum Gasteiger partial charge on any atom is -0.506 e. The molecule has 0 bridgehead atoms. The maximum absolute atomic E-state index is 12.3. The molecule has 0 aliphatic carbocycles. The molecule has 1 amide bonds. The predicted molar refractivity (Wildman–Crippen MR) is 139 cm³/mol. The quantitative estimate of drug-likeness (QED) is 0.212. The van der Waals surface area contributed by atoms with E-state index in [1.165, 1.54) is 0 Å². The number of phenols is 1. The molecule has 1 heterocycles. The number of para-hydroxylation sites is 2. The number of rotatable bonds is 7. The number of methoxy groups -OCH3 is 1. The third kappa shape index (κ3) is 6.91. The summed E-state index contributed by atoms with van der Waals surface area (Å²) in [6, 6.07) is 14.4. The topological polar surface area (TPSA) is 89.4 Å². The van der Waals surface area contributed by atoms with E-state index in [4.69, 9.17) is 4.74 Å². The number of nitrogens with zero attached hydrogens (tertiary/aromatic N) is 3. The number of ether oxygens (including phenoxy) is 1. The Morgan fingerprint density at radius 2 is 1.75 bits per heavy atom. The van der Waals surface area contributed by atoms with E-state index in [1.807, 2.05) is 25.1 Å². The lowest BCUT2D eigenvalue weighted by Gasteiger charge is -2.37. The van der Waals surface area contributed by atoms with E-state index < -0.39 is 0 Å². The van der Waals surface area contributed by atoms with Crippen molar-refractivity contribution in [2.75, 3.05) is 57.8 Å². The van der Waals surface area contributed by atoms with Crippen LogP contribution in [0.15, 0.2) is 53.5 Å². The molecule has 0 atom stereocenters. The van der Waals surface area contributed by atoms with Gasteiger partial charge in [0.25, 0.3) is 5.91 Å². The van der Waals surface area contributed by atoms with E-state index in [1.54, 1.807) is 37.4 Å². The first-order valence-corrected chi connectivity index (χ1v) is 10.6. The highest BCUT2D eigenvalue weighted by molar-refractivity contribution is 14.0. The first-order valence-electron chi connectivity index (χ1n) is 10.6. The van der Waals surface area contributed by atoms with Crippen LogP contribution >= 0.6 is 24.0 Å². The van der Waals surface area contributed by atoms with E-state index >= 15 is 0 Å². The zero-order valence-electron chi connectivity index (χ0n) is 18.6. The summed E-state index contributed by atoms with van der Waals surface area (Å²) in [5, 5.41) is 16.3. The van der Waals surface area contributed by atoms with Crippen LogP contribution in [-0.2, 0) is 0 Å². The van der Waals surface area contributed by atoms with Crippen molar-refractivity contribution in [2.45, 2.75) is 6.92 Å². The summed E-state index contributed by atoms with van der Waals surface area (Å²) >= 11 is 0. The molecule has 0 spiro atoms. The van der Waals surface area contributed by atoms with Crippen molar-refractivity contribution >= 4 is 41.5 Å². The van der Waals surface area contributed by atoms with Crippen molar-refractivity contribution in [1.29, 1.82) is 0 Å². The van der Waals surface area contributed by atoms with Gasteiger partial charge in [0.15, 0.2) is 5.96 Å². The highest BCUT2D eigenvalue weighted by Crippen LogP contribution is 2.27. The van der Waals surface area contributed by atoms with E-state index in [0.29, 0.717) is 24.4 Å². The second-order valence-corrected chi connectivity index (χ2v) is 7.18. The summed E-state index contributed by atoms with van der Waals surface area (Å²) < 4.78 is 5.12. The third-order valence-electron chi connectivity index (χ3n) is 5.15. The summed E-state index contributed by atoms with van der Waals surface area (Å²) in [4.78, 5) is 21.3. The molecule has 0 saturated carbocycles. The van der Waals surface area contributed by atoms with Gasteiger partial charge in [-0.05, 0) is 43.3 Å². The maximum atomic E-state index is 12.3. The molecular weight excluding hydrogens is 521 g/mol. The van der Waals surface area contributed by atoms with Crippen molar-refractivity contribution in [3.63, 3.8) is 0 Å². The summed E-state index contributed by atoms with van der Waals surface area (Å²) in [5.74, 6) is 1.75. The first-order chi connectivity index (χ1) is 15.1. The fraction of sp³-hybridized carbons (Fsp3) is 0.391. The SMILES string of the molecule is CCNC(=NCCNC(=O)c1ccc(OC)cc1)N1CCN(c2ccccc2O)CC1.I. The summed E-state index contributed by atoms with van der Waals surface area (Å²) in [6.45, 7) is 6.97. The number of anilines is 1. The number of amides is 1. The number of aromatic hydroxyl groups is 1. The van der Waals surface area contributed by atoms with Crippen LogP contribution in [0.1, 0.15) is 17.3 Å². The number of hydrogen-bond donors (Lipinski definition) is 3. The lowest BCUT2D eigenvalue weighted by atomic mass is 10.2. The molecule has 32 heavy (non-hydrogen) atoms. The van der Waals surface area contributed by atoms with E-state index in [0.717, 1.165) is 50.1 Å². The minimum absolute atomic E-state index is 0. The molecule has 9 heteroatoms. The molecule has 2 aromatic rings. The number of carbonyl (C=O) groups is 1. The number of guanidine groups is 1. The number of phenolic OH excluding ortho intramolecular Hbond substituents is 1. The molecule has 2 aromatic carbocycles. The van der Waals surface area contributed by atoms with Crippen molar-refractivity contribution < 1.29 is 14.6 Å². The average Bonchev–Trinajstić information content (AvgIpc) is 2.81. The Morgan fingerprint density at radius 3 is 2.38 bits per heavy atom. The molecule has 0 radical (unpaired) electrons. The maximum Gasteiger partial charge on any atom is 0.251 e. The third-order valence-corrected chi connectivity index (χ3v) is 5.15. The summed E-state index contributed by atoms with van der Waals surface area (Å²) in [7, 11) is 1.60. The van der Waals surface area contributed by atoms with E-state index in [2.05, 4.69) is 25.4 Å². The Balaban J connectivity index is 0.00000363. The van der Waals surface area contributed by atoms with Crippen molar-refractivity contribution in [1.82, 2.24) is 15.5 Å². The fourth-order valence-corrected chi connectivity index (χ4v) is 3.49. The Hall–Kier alpha value is -2.69. The van der Waals surface area contributed by atoms with Gasteiger partial charge in [-0.2, -0.15) is 0 Å². The van der Waals surface area contributed by atoms with Crippen LogP contribution in [0.4, 0.5) is 5.69 Å². The molecule has 1 saturated heterocycles. The molecule has 1 aliphatic rings. The van der Waals surface area contributed by atoms with Crippen LogP contribution in [-0.4, -0.2) is 74.8 Å². The fourth-order valence-electron chi connectivity index (χ4n) is 3.49. The zero-order chi connectivity index (χ0) is 22.1. The van der Waals surface area contributed by atoms with Crippen molar-refractivity contribution in [3.05, 3.63) is 54.1 Å². The number of carbonyl (C=O) groups excluding carboxylic acids is 1. The minimum atomic E-state index is -0.126. The van der Waals surface area contributed by atoms with Gasteiger partial charge in [0, 0.05) is 44.8 Å². The second-order valence-electron chi connectivity index (χ2n) is 7.18. The van der Waals surface area contributed by atoms with Gasteiger partial charge in [-0.1, -0.05) is 12.1 Å². The zero-order valence-corrected chi connectivity index (χ0v) is 20.9. The Kier molecular flexibility index (Phi) is 10.4. The molecule has 174 valence electrons. The van der Waals surface area contributed by atoms with Crippen molar-refractivity contribution in [3.8, 4) is 11.5 Å². The number of halogens is 1. The van der Waals surface area contributed by atoms with Crippen LogP contribution in [0.3, 0.4) is 0 Å². The molecule has 1 fully saturated rings. The Morgan fingerprint density at radius 1 is 1.06 bits per heavy atom. The second kappa shape index (κ2) is 13.0. The molecule has 8 nitrogen and oxygen atoms in total. The highest BCUT2D eigenvalue weighted by Gasteiger charge is 2.21. The van der Waals surface area contributed by atoms with Gasteiger partial charge < -0.3 is 30.3 Å². The Labute approximate surface area is 206 Å². The van der Waals surface area contributed by atoms with Gasteiger partial charge in [-0.25, -0.2) is 0 Å². The lowest BCUT2D eigenvalue weighted by molar-refractivity contribution is 0.0954. The first kappa shape index (κ1) is 25.6. The largest absolute Gasteiger partial charge is 0.506 e. The number of aliphatic imine (C=N–C) groups is 1. The number of nitrogens with one attached hydrogen (secondary N) is 2. The lowest BCUT2D eigenvalue weighted by Crippen LogP contribution is -2.52. The smallest absolute Gasteiger partial charge is 0.251 e. The van der Waals surface area contributed by atoms with E-state index in [9.17, 15) is 9.90 Å². The number of benzene rings is 2. The van der Waals surface area contributed by atoms with Gasteiger partial charge in [0.05, 0.1) is 19.3 Å². The number of piperazine rings is 1. The summed E-state index contributed by atoms with van der Waals surface area (Å²) in [5.41, 5.74) is 1.46. The molecule has 3 rings (SSSR count). The van der Waals surface area contributed by atoms with Crippen LogP contribution < -0.4 is 20.3 Å². The van der Waals surface area contributed by atoms with Gasteiger partial charge in [-0.3, -0.25) is 9.79 Å². The van der Waals surface area contributed by atoms with Crippen LogP contribution in [0, 0.1) is 0 Å². The van der Waals surface area contributed by atoms with Crippen LogP contribution in [0.25, 0.3) is 0 Å². The van der Waals surface area contributed by atoms with Crippen LogP contribution in [0.2, 0.25) is 0 Å². The highest BCUT2D eigenvalue weighted by atomic mass is 127. The van der Waals surface area contributed by atoms with Crippen molar-refractivity contribution in [2.24, 2.45) is 4.99 Å². The number of hydrogen-bond acceptors (Lipinski definition) is 5. The van der Waals surface area contributed by atoms with Crippen LogP contribution in [0.5, 0.6) is 11.5 Å². The van der Waals surface area contributed by atoms with Gasteiger partial charge in [0.2, 0.25) is 0 Å². The molecule has 1 aliphatic heterocycles. The van der Waals surface area contributed by atoms with Gasteiger partial charge >= 0.3 is 0 Å². The molecule has 0 unspecified atom stereocenters. The normalized spacial score (nSPS) is 13.9. The van der Waals surface area contributed by atoms with Gasteiger partial charge in [0.1, 0.15) is 11.5 Å². The molecular formula is C23H32IN5O3. The monoisotopic (exact) mass is 553 g/mol. The molecule has 3 N–H and O–H groups in total. The standard InChI is InChI=1S/C23H31N5O3.HI/c1-3-24-23(26-13-12-25-22(30)18-8-10-19(31-2)11-9-18)28-16-14-27(15-17-28)20-6-4-5-7-21(20)29;/h4-11,29H,3,12-17H2,1-2H3,(H,24,26)(H,25,30);1H. The van der Waals surface area contributed by atoms with Gasteiger partial charge in [-0.15, -0.1) is 24.0 Å².